The van der Waals surface area contributed by atoms with Crippen LogP contribution in [0, 0.1) is 5.41 Å². The molecule has 3 N–H and O–H groups in total. The number of ether oxygens (including phenoxy) is 1. The minimum absolute atomic E-state index is 0.400. The zero-order valence-electron chi connectivity index (χ0n) is 14.0. The summed E-state index contributed by atoms with van der Waals surface area (Å²) in [7, 11) is 0. The summed E-state index contributed by atoms with van der Waals surface area (Å²) < 4.78 is 5.76. The van der Waals surface area contributed by atoms with Crippen molar-refractivity contribution in [1.29, 1.82) is 0 Å². The molecule has 0 aromatic heterocycles. The predicted octanol–water partition coefficient (Wildman–Crippen LogP) is 2.72. The van der Waals surface area contributed by atoms with Crippen LogP contribution < -0.4 is 0 Å². The van der Waals surface area contributed by atoms with Crippen LogP contribution in [-0.4, -0.2) is 41.2 Å². The van der Waals surface area contributed by atoms with Crippen LogP contribution in [0.5, 0.6) is 0 Å². The molecule has 0 spiro atoms. The standard InChI is InChI=1S/C21H24O4/c22-15-21(16-23,17-24)20(12-11-18-7-3-1-4-8-18)25-14-13-19-9-5-2-6-10-19/h1-14,20,22-24H,15-17H2. The number of benzene rings is 2. The van der Waals surface area contributed by atoms with Crippen LogP contribution in [0.25, 0.3) is 12.2 Å². The predicted molar refractivity (Wildman–Crippen MR) is 99.5 cm³/mol. The Bertz CT molecular complexity index is 653. The quantitative estimate of drug-likeness (QED) is 0.614. The third-order valence-corrected chi connectivity index (χ3v) is 4.10. The normalized spacial score (nSPS) is 13.4. The minimum atomic E-state index is -1.17. The Kier molecular flexibility index (Phi) is 7.41. The molecule has 25 heavy (non-hydrogen) atoms. The minimum Gasteiger partial charge on any atom is -0.493 e. The molecule has 0 saturated carbocycles. The Morgan fingerprint density at radius 3 is 1.72 bits per heavy atom. The summed E-state index contributed by atoms with van der Waals surface area (Å²) in [5.41, 5.74) is 0.758. The summed E-state index contributed by atoms with van der Waals surface area (Å²) in [4.78, 5) is 0. The van der Waals surface area contributed by atoms with Gasteiger partial charge in [0.15, 0.2) is 0 Å². The molecule has 4 nitrogen and oxygen atoms in total. The van der Waals surface area contributed by atoms with Gasteiger partial charge in [-0.05, 0) is 23.3 Å². The Morgan fingerprint density at radius 1 is 0.760 bits per heavy atom. The second-order valence-electron chi connectivity index (χ2n) is 5.88. The van der Waals surface area contributed by atoms with E-state index in [0.29, 0.717) is 0 Å². The molecule has 0 fully saturated rings. The molecule has 0 amide bonds. The van der Waals surface area contributed by atoms with Crippen LogP contribution in [-0.2, 0) is 4.74 Å². The average Bonchev–Trinajstić information content (AvgIpc) is 2.69. The van der Waals surface area contributed by atoms with E-state index in [1.54, 1.807) is 12.2 Å². The molecular weight excluding hydrogens is 316 g/mol. The van der Waals surface area contributed by atoms with Gasteiger partial charge in [0.05, 0.1) is 31.5 Å². The van der Waals surface area contributed by atoms with Gasteiger partial charge in [-0.1, -0.05) is 66.7 Å². The summed E-state index contributed by atoms with van der Waals surface area (Å²) in [6, 6.07) is 19.3. The molecule has 4 heteroatoms. The molecule has 0 aliphatic rings. The maximum absolute atomic E-state index is 9.70. The SMILES string of the molecule is OCC(CO)(CO)C(C=Cc1ccccc1)OC=Cc1ccccc1. The number of rotatable bonds is 9. The second kappa shape index (κ2) is 9.79. The third-order valence-electron chi connectivity index (χ3n) is 4.10. The van der Waals surface area contributed by atoms with Gasteiger partial charge in [0, 0.05) is 0 Å². The topological polar surface area (TPSA) is 69.9 Å². The number of hydrogen-bond donors (Lipinski definition) is 3. The van der Waals surface area contributed by atoms with Gasteiger partial charge in [-0.2, -0.15) is 0 Å². The zero-order valence-corrected chi connectivity index (χ0v) is 14.0. The number of aliphatic hydroxyl groups is 3. The summed E-state index contributed by atoms with van der Waals surface area (Å²) in [6.45, 7) is -1.20. The molecule has 2 rings (SSSR count). The van der Waals surface area contributed by atoms with E-state index in [2.05, 4.69) is 0 Å². The highest BCUT2D eigenvalue weighted by Crippen LogP contribution is 2.26. The molecular formula is C21H24O4. The highest BCUT2D eigenvalue weighted by atomic mass is 16.5. The third kappa shape index (κ3) is 5.29. The van der Waals surface area contributed by atoms with Gasteiger partial charge in [-0.25, -0.2) is 0 Å². The maximum atomic E-state index is 9.70. The van der Waals surface area contributed by atoms with Crippen LogP contribution >= 0.6 is 0 Å². The highest BCUT2D eigenvalue weighted by Gasteiger charge is 2.37. The van der Waals surface area contributed by atoms with E-state index >= 15 is 0 Å². The van der Waals surface area contributed by atoms with Crippen molar-refractivity contribution in [3.8, 4) is 0 Å². The molecule has 132 valence electrons. The fraction of sp³-hybridized carbons (Fsp3) is 0.238. The van der Waals surface area contributed by atoms with E-state index in [9.17, 15) is 15.3 Å². The Balaban J connectivity index is 2.19. The molecule has 1 unspecified atom stereocenters. The lowest BCUT2D eigenvalue weighted by Gasteiger charge is -2.33. The van der Waals surface area contributed by atoms with Crippen molar-refractivity contribution in [2.75, 3.05) is 19.8 Å². The first kappa shape index (κ1) is 18.9. The molecule has 2 aromatic carbocycles. The second-order valence-corrected chi connectivity index (χ2v) is 5.88. The first-order chi connectivity index (χ1) is 12.2. The molecule has 0 saturated heterocycles. The molecule has 0 heterocycles. The largest absolute Gasteiger partial charge is 0.493 e. The maximum Gasteiger partial charge on any atom is 0.128 e. The van der Waals surface area contributed by atoms with E-state index in [-0.39, 0.29) is 0 Å². The molecule has 0 aliphatic heterocycles. The van der Waals surface area contributed by atoms with E-state index < -0.39 is 31.3 Å². The highest BCUT2D eigenvalue weighted by molar-refractivity contribution is 5.50. The fourth-order valence-corrected chi connectivity index (χ4v) is 2.34. The van der Waals surface area contributed by atoms with E-state index in [4.69, 9.17) is 4.74 Å². The molecule has 1 atom stereocenters. The Morgan fingerprint density at radius 2 is 1.24 bits per heavy atom. The first-order valence-corrected chi connectivity index (χ1v) is 8.17. The van der Waals surface area contributed by atoms with Gasteiger partial charge in [0.1, 0.15) is 6.10 Å². The average molecular weight is 340 g/mol. The number of aliphatic hydroxyl groups excluding tert-OH is 3. The van der Waals surface area contributed by atoms with Gasteiger partial charge in [0.2, 0.25) is 0 Å². The monoisotopic (exact) mass is 340 g/mol. The van der Waals surface area contributed by atoms with Gasteiger partial charge in [-0.3, -0.25) is 0 Å². The first-order valence-electron chi connectivity index (χ1n) is 8.17. The summed E-state index contributed by atoms with van der Waals surface area (Å²) in [5, 5.41) is 29.1. The lowest BCUT2D eigenvalue weighted by Crippen LogP contribution is -2.45. The molecule has 0 bridgehead atoms. The van der Waals surface area contributed by atoms with Crippen molar-refractivity contribution in [3.05, 3.63) is 84.1 Å². The van der Waals surface area contributed by atoms with E-state index in [1.807, 2.05) is 66.7 Å². The van der Waals surface area contributed by atoms with E-state index in [0.717, 1.165) is 11.1 Å². The van der Waals surface area contributed by atoms with Crippen LogP contribution in [0.1, 0.15) is 11.1 Å². The smallest absolute Gasteiger partial charge is 0.128 e. The number of hydrogen-bond acceptors (Lipinski definition) is 4. The summed E-state index contributed by atoms with van der Waals surface area (Å²) in [5.74, 6) is 0. The lowest BCUT2D eigenvalue weighted by molar-refractivity contribution is -0.0674. The van der Waals surface area contributed by atoms with Crippen molar-refractivity contribution >= 4 is 12.2 Å². The van der Waals surface area contributed by atoms with Crippen molar-refractivity contribution < 1.29 is 20.1 Å². The van der Waals surface area contributed by atoms with Crippen LogP contribution in [0.3, 0.4) is 0 Å². The van der Waals surface area contributed by atoms with Gasteiger partial charge in [0.25, 0.3) is 0 Å². The van der Waals surface area contributed by atoms with Crippen LogP contribution in [0.2, 0.25) is 0 Å². The summed E-state index contributed by atoms with van der Waals surface area (Å²) in [6.07, 6.45) is 6.21. The van der Waals surface area contributed by atoms with Crippen molar-refractivity contribution in [3.63, 3.8) is 0 Å². The molecule has 0 aliphatic carbocycles. The van der Waals surface area contributed by atoms with Crippen LogP contribution in [0.15, 0.2) is 73.0 Å². The fourth-order valence-electron chi connectivity index (χ4n) is 2.34. The lowest BCUT2D eigenvalue weighted by atomic mass is 9.84. The zero-order chi connectivity index (χ0) is 18.0. The van der Waals surface area contributed by atoms with Gasteiger partial charge < -0.3 is 20.1 Å². The molecule has 0 radical (unpaired) electrons. The van der Waals surface area contributed by atoms with Gasteiger partial charge >= 0.3 is 0 Å². The Hall–Kier alpha value is -2.40. The van der Waals surface area contributed by atoms with E-state index in [1.165, 1.54) is 6.26 Å². The van der Waals surface area contributed by atoms with Crippen molar-refractivity contribution in [2.45, 2.75) is 6.10 Å². The summed E-state index contributed by atoms with van der Waals surface area (Å²) >= 11 is 0. The van der Waals surface area contributed by atoms with Gasteiger partial charge in [-0.15, -0.1) is 0 Å². The van der Waals surface area contributed by atoms with Crippen LogP contribution in [0.4, 0.5) is 0 Å². The Labute approximate surface area is 148 Å². The molecule has 2 aromatic rings. The van der Waals surface area contributed by atoms with Crippen molar-refractivity contribution in [2.24, 2.45) is 5.41 Å². The van der Waals surface area contributed by atoms with Crippen molar-refractivity contribution in [1.82, 2.24) is 0 Å².